The number of aryl methyl sites for hydroxylation is 1. The van der Waals surface area contributed by atoms with Crippen molar-refractivity contribution in [3.05, 3.63) is 28.8 Å². The topological polar surface area (TPSA) is 77.8 Å². The van der Waals surface area contributed by atoms with E-state index in [1.54, 1.807) is 24.0 Å². The van der Waals surface area contributed by atoms with Gasteiger partial charge in [-0.15, -0.1) is 0 Å². The van der Waals surface area contributed by atoms with Crippen molar-refractivity contribution in [1.82, 2.24) is 0 Å². The lowest BCUT2D eigenvalue weighted by Gasteiger charge is -2.27. The summed E-state index contributed by atoms with van der Waals surface area (Å²) in [7, 11) is 0. The lowest BCUT2D eigenvalue weighted by molar-refractivity contribution is -0.140. The van der Waals surface area contributed by atoms with Crippen LogP contribution in [0.1, 0.15) is 18.9 Å². The van der Waals surface area contributed by atoms with Crippen LogP contribution < -0.4 is 4.90 Å². The van der Waals surface area contributed by atoms with E-state index in [2.05, 4.69) is 0 Å². The first-order chi connectivity index (χ1) is 9.31. The third-order valence-corrected chi connectivity index (χ3v) is 3.26. The number of benzene rings is 1. The normalized spacial score (nSPS) is 11.9. The van der Waals surface area contributed by atoms with Crippen LogP contribution in [-0.2, 0) is 9.59 Å². The van der Waals surface area contributed by atoms with Crippen LogP contribution in [0.3, 0.4) is 0 Å². The molecule has 0 bridgehead atoms. The zero-order valence-corrected chi connectivity index (χ0v) is 12.2. The van der Waals surface area contributed by atoms with Gasteiger partial charge in [0.1, 0.15) is 0 Å². The molecule has 1 unspecified atom stereocenters. The number of halogens is 1. The van der Waals surface area contributed by atoms with E-state index in [1.165, 1.54) is 0 Å². The SMILES string of the molecule is Cc1ccc(Cl)cc1N(CCC(=O)O)CC(C)C(=O)O. The highest BCUT2D eigenvalue weighted by Gasteiger charge is 2.18. The quantitative estimate of drug-likeness (QED) is 0.809. The maximum Gasteiger partial charge on any atom is 0.308 e. The third kappa shape index (κ3) is 4.74. The molecule has 0 saturated heterocycles. The molecule has 20 heavy (non-hydrogen) atoms. The number of nitrogens with zero attached hydrogens (tertiary/aromatic N) is 1. The Balaban J connectivity index is 2.99. The van der Waals surface area contributed by atoms with Crippen LogP contribution in [0, 0.1) is 12.8 Å². The predicted octanol–water partition coefficient (Wildman–Crippen LogP) is 2.65. The van der Waals surface area contributed by atoms with Gasteiger partial charge in [0.2, 0.25) is 0 Å². The van der Waals surface area contributed by atoms with Crippen molar-refractivity contribution in [2.24, 2.45) is 5.92 Å². The molecular weight excluding hydrogens is 282 g/mol. The number of carboxylic acid groups (broad SMARTS) is 2. The second-order valence-corrected chi connectivity index (χ2v) is 5.20. The number of carboxylic acids is 2. The van der Waals surface area contributed by atoms with E-state index in [4.69, 9.17) is 21.8 Å². The average Bonchev–Trinajstić information content (AvgIpc) is 2.36. The van der Waals surface area contributed by atoms with Gasteiger partial charge in [0, 0.05) is 23.8 Å². The lowest BCUT2D eigenvalue weighted by Crippen LogP contribution is -2.34. The van der Waals surface area contributed by atoms with Crippen molar-refractivity contribution >= 4 is 29.2 Å². The molecule has 0 spiro atoms. The first kappa shape index (κ1) is 16.3. The molecule has 2 N–H and O–H groups in total. The first-order valence-electron chi connectivity index (χ1n) is 6.27. The largest absolute Gasteiger partial charge is 0.481 e. The summed E-state index contributed by atoms with van der Waals surface area (Å²) in [6, 6.07) is 5.31. The summed E-state index contributed by atoms with van der Waals surface area (Å²) in [4.78, 5) is 23.5. The van der Waals surface area contributed by atoms with Crippen LogP contribution >= 0.6 is 11.6 Å². The minimum absolute atomic E-state index is 0.0572. The van der Waals surface area contributed by atoms with Crippen LogP contribution in [0.15, 0.2) is 18.2 Å². The number of carbonyl (C=O) groups is 2. The van der Waals surface area contributed by atoms with E-state index in [-0.39, 0.29) is 19.5 Å². The molecule has 0 aliphatic rings. The molecular formula is C14H18ClNO4. The van der Waals surface area contributed by atoms with Gasteiger partial charge < -0.3 is 15.1 Å². The molecule has 110 valence electrons. The lowest BCUT2D eigenvalue weighted by atomic mass is 10.1. The van der Waals surface area contributed by atoms with E-state index < -0.39 is 17.9 Å². The smallest absolute Gasteiger partial charge is 0.308 e. The van der Waals surface area contributed by atoms with Gasteiger partial charge in [-0.3, -0.25) is 9.59 Å². The molecule has 5 nitrogen and oxygen atoms in total. The second kappa shape index (κ2) is 7.14. The van der Waals surface area contributed by atoms with Crippen LogP contribution in [0.2, 0.25) is 5.02 Å². The maximum atomic E-state index is 11.0. The van der Waals surface area contributed by atoms with E-state index in [0.717, 1.165) is 11.3 Å². The standard InChI is InChI=1S/C14H18ClNO4/c1-9-3-4-11(15)7-12(9)16(6-5-13(17)18)8-10(2)14(19)20/h3-4,7,10H,5-6,8H2,1-2H3,(H,17,18)(H,19,20). The van der Waals surface area contributed by atoms with Crippen LogP contribution in [0.5, 0.6) is 0 Å². The van der Waals surface area contributed by atoms with Crippen LogP contribution in [-0.4, -0.2) is 35.2 Å². The Morgan fingerprint density at radius 3 is 2.55 bits per heavy atom. The third-order valence-electron chi connectivity index (χ3n) is 3.02. The molecule has 0 radical (unpaired) electrons. The van der Waals surface area contributed by atoms with E-state index in [1.807, 2.05) is 13.0 Å². The van der Waals surface area contributed by atoms with Crippen LogP contribution in [0.4, 0.5) is 5.69 Å². The summed E-state index contributed by atoms with van der Waals surface area (Å²) in [5.41, 5.74) is 1.70. The molecule has 0 amide bonds. The fourth-order valence-corrected chi connectivity index (χ4v) is 2.04. The van der Waals surface area contributed by atoms with Gasteiger partial charge in [-0.2, -0.15) is 0 Å². The Labute approximate surface area is 122 Å². The number of aliphatic carboxylic acids is 2. The number of anilines is 1. The van der Waals surface area contributed by atoms with Gasteiger partial charge in [0.05, 0.1) is 12.3 Å². The van der Waals surface area contributed by atoms with Gasteiger partial charge in [0.25, 0.3) is 0 Å². The molecule has 0 saturated carbocycles. The molecule has 1 rings (SSSR count). The van der Waals surface area contributed by atoms with Crippen molar-refractivity contribution in [3.63, 3.8) is 0 Å². The zero-order valence-electron chi connectivity index (χ0n) is 11.5. The van der Waals surface area contributed by atoms with Crippen LogP contribution in [0.25, 0.3) is 0 Å². The zero-order chi connectivity index (χ0) is 15.3. The molecule has 0 aliphatic carbocycles. The number of hydrogen-bond donors (Lipinski definition) is 2. The Morgan fingerprint density at radius 2 is 2.00 bits per heavy atom. The summed E-state index contributed by atoms with van der Waals surface area (Å²) < 4.78 is 0. The summed E-state index contributed by atoms with van der Waals surface area (Å²) in [6.07, 6.45) is -0.0572. The van der Waals surface area contributed by atoms with E-state index >= 15 is 0 Å². The molecule has 1 atom stereocenters. The molecule has 0 aromatic heterocycles. The van der Waals surface area contributed by atoms with Crippen molar-refractivity contribution in [1.29, 1.82) is 0 Å². The Hall–Kier alpha value is -1.75. The highest BCUT2D eigenvalue weighted by molar-refractivity contribution is 6.30. The second-order valence-electron chi connectivity index (χ2n) is 4.76. The number of hydrogen-bond acceptors (Lipinski definition) is 3. The molecule has 0 aliphatic heterocycles. The summed E-state index contributed by atoms with van der Waals surface area (Å²) in [5.74, 6) is -2.43. The van der Waals surface area contributed by atoms with E-state index in [9.17, 15) is 9.59 Å². The van der Waals surface area contributed by atoms with Crippen molar-refractivity contribution in [3.8, 4) is 0 Å². The number of rotatable bonds is 7. The predicted molar refractivity (Wildman–Crippen MR) is 77.5 cm³/mol. The molecule has 0 heterocycles. The van der Waals surface area contributed by atoms with Gasteiger partial charge in [-0.05, 0) is 24.6 Å². The highest BCUT2D eigenvalue weighted by atomic mass is 35.5. The Morgan fingerprint density at radius 1 is 1.35 bits per heavy atom. The molecule has 6 heteroatoms. The summed E-state index contributed by atoms with van der Waals surface area (Å²) >= 11 is 5.96. The minimum atomic E-state index is -0.919. The fourth-order valence-electron chi connectivity index (χ4n) is 1.87. The summed E-state index contributed by atoms with van der Waals surface area (Å²) in [6.45, 7) is 3.96. The Bertz CT molecular complexity index is 504. The van der Waals surface area contributed by atoms with Crippen molar-refractivity contribution in [2.75, 3.05) is 18.0 Å². The molecule has 0 fully saturated rings. The highest BCUT2D eigenvalue weighted by Crippen LogP contribution is 2.25. The maximum absolute atomic E-state index is 11.0. The van der Waals surface area contributed by atoms with Gasteiger partial charge in [-0.25, -0.2) is 0 Å². The van der Waals surface area contributed by atoms with E-state index in [0.29, 0.717) is 5.02 Å². The van der Waals surface area contributed by atoms with Gasteiger partial charge in [-0.1, -0.05) is 24.6 Å². The fraction of sp³-hybridized carbons (Fsp3) is 0.429. The minimum Gasteiger partial charge on any atom is -0.481 e. The van der Waals surface area contributed by atoms with Gasteiger partial charge in [0.15, 0.2) is 0 Å². The summed E-state index contributed by atoms with van der Waals surface area (Å²) in [5, 5.41) is 18.4. The first-order valence-corrected chi connectivity index (χ1v) is 6.64. The average molecular weight is 300 g/mol. The Kier molecular flexibility index (Phi) is 5.82. The monoisotopic (exact) mass is 299 g/mol. The van der Waals surface area contributed by atoms with Crippen molar-refractivity contribution in [2.45, 2.75) is 20.3 Å². The molecule has 1 aromatic rings. The van der Waals surface area contributed by atoms with Gasteiger partial charge >= 0.3 is 11.9 Å². The van der Waals surface area contributed by atoms with Crippen molar-refractivity contribution < 1.29 is 19.8 Å². The molecule has 1 aromatic carbocycles.